The van der Waals surface area contributed by atoms with E-state index in [0.717, 1.165) is 19.4 Å². The maximum absolute atomic E-state index is 9.16. The van der Waals surface area contributed by atoms with Crippen molar-refractivity contribution in [2.75, 3.05) is 13.2 Å². The Morgan fingerprint density at radius 3 is 2.06 bits per heavy atom. The molecular formula is C14H30O2. The smallest absolute Gasteiger partial charge is 0.0805 e. The summed E-state index contributed by atoms with van der Waals surface area (Å²) >= 11 is 0. The number of aliphatic hydroxyl groups excluding tert-OH is 1. The predicted octanol–water partition coefficient (Wildman–Crippen LogP) is 3.91. The summed E-state index contributed by atoms with van der Waals surface area (Å²) < 4.78 is 5.67. The van der Waals surface area contributed by atoms with Crippen LogP contribution in [0, 0.1) is 0 Å². The molecule has 0 radical (unpaired) electrons. The molecule has 1 atom stereocenters. The van der Waals surface area contributed by atoms with Crippen LogP contribution in [-0.4, -0.2) is 24.4 Å². The zero-order valence-corrected chi connectivity index (χ0v) is 11.2. The maximum atomic E-state index is 9.16. The van der Waals surface area contributed by atoms with Gasteiger partial charge in [-0.2, -0.15) is 0 Å². The number of unbranched alkanes of at least 4 members (excludes halogenated alkanes) is 6. The van der Waals surface area contributed by atoms with Gasteiger partial charge >= 0.3 is 0 Å². The fraction of sp³-hybridized carbons (Fsp3) is 1.00. The van der Waals surface area contributed by atoms with E-state index in [-0.39, 0.29) is 12.7 Å². The van der Waals surface area contributed by atoms with Crippen molar-refractivity contribution in [1.29, 1.82) is 0 Å². The molecule has 0 fully saturated rings. The third-order valence-corrected chi connectivity index (χ3v) is 2.93. The third kappa shape index (κ3) is 10.4. The van der Waals surface area contributed by atoms with E-state index in [4.69, 9.17) is 9.84 Å². The minimum atomic E-state index is 0.0819. The highest BCUT2D eigenvalue weighted by Crippen LogP contribution is 2.09. The van der Waals surface area contributed by atoms with Crippen molar-refractivity contribution in [1.82, 2.24) is 0 Å². The van der Waals surface area contributed by atoms with Crippen LogP contribution in [0.5, 0.6) is 0 Å². The van der Waals surface area contributed by atoms with Crippen LogP contribution in [0.4, 0.5) is 0 Å². The fourth-order valence-electron chi connectivity index (χ4n) is 1.80. The highest BCUT2D eigenvalue weighted by molar-refractivity contribution is 4.56. The van der Waals surface area contributed by atoms with Crippen LogP contribution in [0.2, 0.25) is 0 Å². The maximum Gasteiger partial charge on any atom is 0.0805 e. The first-order chi connectivity index (χ1) is 7.85. The van der Waals surface area contributed by atoms with E-state index in [1.807, 2.05) is 0 Å². The van der Waals surface area contributed by atoms with Gasteiger partial charge < -0.3 is 9.84 Å². The first kappa shape index (κ1) is 15.9. The number of aliphatic hydroxyl groups is 1. The lowest BCUT2D eigenvalue weighted by Crippen LogP contribution is -2.18. The van der Waals surface area contributed by atoms with Gasteiger partial charge in [-0.25, -0.2) is 0 Å². The molecule has 0 amide bonds. The summed E-state index contributed by atoms with van der Waals surface area (Å²) in [5.74, 6) is 0. The minimum Gasteiger partial charge on any atom is -0.394 e. The summed E-state index contributed by atoms with van der Waals surface area (Å²) in [6.07, 6.45) is 11.1. The Kier molecular flexibility index (Phi) is 12.9. The normalized spacial score (nSPS) is 12.9. The van der Waals surface area contributed by atoms with Gasteiger partial charge in [0.15, 0.2) is 0 Å². The molecule has 98 valence electrons. The van der Waals surface area contributed by atoms with Crippen LogP contribution >= 0.6 is 0 Å². The Labute approximate surface area is 101 Å². The summed E-state index contributed by atoms with van der Waals surface area (Å²) in [6.45, 7) is 5.43. The van der Waals surface area contributed by atoms with Crippen molar-refractivity contribution in [3.05, 3.63) is 0 Å². The van der Waals surface area contributed by atoms with Crippen molar-refractivity contribution in [3.8, 4) is 0 Å². The second-order valence-corrected chi connectivity index (χ2v) is 4.59. The third-order valence-electron chi connectivity index (χ3n) is 2.93. The lowest BCUT2D eigenvalue weighted by molar-refractivity contribution is 0.00502. The van der Waals surface area contributed by atoms with Gasteiger partial charge in [-0.1, -0.05) is 58.8 Å². The van der Waals surface area contributed by atoms with Crippen LogP contribution in [-0.2, 0) is 4.74 Å². The van der Waals surface area contributed by atoms with Gasteiger partial charge in [0, 0.05) is 6.61 Å². The summed E-state index contributed by atoms with van der Waals surface area (Å²) in [5, 5.41) is 9.16. The van der Waals surface area contributed by atoms with Crippen LogP contribution in [0.3, 0.4) is 0 Å². The van der Waals surface area contributed by atoms with Gasteiger partial charge in [0.2, 0.25) is 0 Å². The van der Waals surface area contributed by atoms with Crippen molar-refractivity contribution >= 4 is 0 Å². The Morgan fingerprint density at radius 2 is 1.50 bits per heavy atom. The molecule has 0 aromatic heterocycles. The molecule has 0 aromatic rings. The zero-order valence-electron chi connectivity index (χ0n) is 11.2. The van der Waals surface area contributed by atoms with Crippen LogP contribution < -0.4 is 0 Å². The lowest BCUT2D eigenvalue weighted by atomic mass is 10.1. The average molecular weight is 230 g/mol. The van der Waals surface area contributed by atoms with Crippen molar-refractivity contribution in [3.63, 3.8) is 0 Å². The van der Waals surface area contributed by atoms with E-state index < -0.39 is 0 Å². The molecule has 1 N–H and O–H groups in total. The highest BCUT2D eigenvalue weighted by atomic mass is 16.5. The monoisotopic (exact) mass is 230 g/mol. The molecule has 0 spiro atoms. The average Bonchev–Trinajstić information content (AvgIpc) is 2.31. The summed E-state index contributed by atoms with van der Waals surface area (Å²) in [5.41, 5.74) is 0. The van der Waals surface area contributed by atoms with Crippen molar-refractivity contribution in [2.45, 2.75) is 77.7 Å². The molecule has 0 aliphatic heterocycles. The first-order valence-electron chi connectivity index (χ1n) is 7.07. The second-order valence-electron chi connectivity index (χ2n) is 4.59. The molecule has 0 rings (SSSR count). The number of hydrogen-bond acceptors (Lipinski definition) is 2. The largest absolute Gasteiger partial charge is 0.394 e. The van der Waals surface area contributed by atoms with E-state index in [0.29, 0.717) is 0 Å². The van der Waals surface area contributed by atoms with Gasteiger partial charge in [-0.15, -0.1) is 0 Å². The summed E-state index contributed by atoms with van der Waals surface area (Å²) in [7, 11) is 0. The van der Waals surface area contributed by atoms with E-state index in [1.165, 1.54) is 44.9 Å². The Morgan fingerprint density at radius 1 is 0.875 bits per heavy atom. The van der Waals surface area contributed by atoms with Gasteiger partial charge in [-0.05, 0) is 12.8 Å². The standard InChI is InChI=1S/C14H30O2/c1-3-5-7-9-11-14(13-15)16-12-10-8-6-4-2/h14-15H,3-13H2,1-2H3. The Balaban J connectivity index is 3.29. The molecule has 0 aromatic carbocycles. The van der Waals surface area contributed by atoms with Gasteiger partial charge in [-0.3, -0.25) is 0 Å². The van der Waals surface area contributed by atoms with Gasteiger partial charge in [0.1, 0.15) is 0 Å². The van der Waals surface area contributed by atoms with E-state index in [1.54, 1.807) is 0 Å². The Bertz CT molecular complexity index is 126. The number of rotatable bonds is 12. The number of ether oxygens (including phenoxy) is 1. The highest BCUT2D eigenvalue weighted by Gasteiger charge is 2.06. The molecule has 1 unspecified atom stereocenters. The van der Waals surface area contributed by atoms with Gasteiger partial charge in [0.05, 0.1) is 12.7 Å². The molecule has 0 saturated heterocycles. The van der Waals surface area contributed by atoms with Gasteiger partial charge in [0.25, 0.3) is 0 Å². The number of hydrogen-bond donors (Lipinski definition) is 1. The van der Waals surface area contributed by atoms with Crippen LogP contribution in [0.15, 0.2) is 0 Å². The zero-order chi connectivity index (χ0) is 12.1. The fourth-order valence-corrected chi connectivity index (χ4v) is 1.80. The molecule has 16 heavy (non-hydrogen) atoms. The second kappa shape index (κ2) is 13.0. The van der Waals surface area contributed by atoms with Crippen LogP contribution in [0.1, 0.15) is 71.6 Å². The molecule has 0 aliphatic carbocycles. The molecule has 0 heterocycles. The predicted molar refractivity (Wildman–Crippen MR) is 69.7 cm³/mol. The molecule has 2 nitrogen and oxygen atoms in total. The molecular weight excluding hydrogens is 200 g/mol. The summed E-state index contributed by atoms with van der Waals surface area (Å²) in [6, 6.07) is 0. The molecule has 0 saturated carbocycles. The van der Waals surface area contributed by atoms with E-state index >= 15 is 0 Å². The first-order valence-corrected chi connectivity index (χ1v) is 7.07. The van der Waals surface area contributed by atoms with E-state index in [2.05, 4.69) is 13.8 Å². The molecule has 2 heteroatoms. The quantitative estimate of drug-likeness (QED) is 0.515. The molecule has 0 bridgehead atoms. The van der Waals surface area contributed by atoms with E-state index in [9.17, 15) is 0 Å². The topological polar surface area (TPSA) is 29.5 Å². The van der Waals surface area contributed by atoms with Crippen LogP contribution in [0.25, 0.3) is 0 Å². The lowest BCUT2D eigenvalue weighted by Gasteiger charge is -2.15. The summed E-state index contributed by atoms with van der Waals surface area (Å²) in [4.78, 5) is 0. The minimum absolute atomic E-state index is 0.0819. The van der Waals surface area contributed by atoms with Crippen molar-refractivity contribution in [2.24, 2.45) is 0 Å². The van der Waals surface area contributed by atoms with Crippen molar-refractivity contribution < 1.29 is 9.84 Å². The Hall–Kier alpha value is -0.0800. The SMILES string of the molecule is CCCCCCOC(CO)CCCCCC. The molecule has 0 aliphatic rings.